The van der Waals surface area contributed by atoms with Crippen LogP contribution in [-0.4, -0.2) is 11.1 Å². The summed E-state index contributed by atoms with van der Waals surface area (Å²) in [6.07, 6.45) is 3.09. The van der Waals surface area contributed by atoms with E-state index in [0.29, 0.717) is 12.2 Å². The van der Waals surface area contributed by atoms with E-state index in [1.807, 2.05) is 6.92 Å². The molecule has 1 aromatic heterocycles. The van der Waals surface area contributed by atoms with Crippen molar-refractivity contribution >= 4 is 5.97 Å². The molecule has 0 fully saturated rings. The van der Waals surface area contributed by atoms with Crippen molar-refractivity contribution in [1.82, 2.24) is 0 Å². The molecular weight excluding hydrogens is 170 g/mol. The van der Waals surface area contributed by atoms with Gasteiger partial charge in [-0.1, -0.05) is 13.3 Å². The fourth-order valence-corrected chi connectivity index (χ4v) is 1.30. The first-order valence-electron chi connectivity index (χ1n) is 4.23. The molecule has 0 saturated carbocycles. The minimum Gasteiger partial charge on any atom is -0.478 e. The number of carboxylic acids is 1. The van der Waals surface area contributed by atoms with Gasteiger partial charge in [0, 0.05) is 5.56 Å². The van der Waals surface area contributed by atoms with Gasteiger partial charge >= 0.3 is 5.97 Å². The Morgan fingerprint density at radius 2 is 2.38 bits per heavy atom. The summed E-state index contributed by atoms with van der Waals surface area (Å²) in [5, 5.41) is 8.88. The second-order valence-electron chi connectivity index (χ2n) is 2.82. The number of nitrogens with two attached hydrogens (primary N) is 1. The van der Waals surface area contributed by atoms with Crippen molar-refractivity contribution in [3.63, 3.8) is 0 Å². The highest BCUT2D eigenvalue weighted by Gasteiger charge is 2.17. The highest BCUT2D eigenvalue weighted by molar-refractivity contribution is 5.90. The summed E-state index contributed by atoms with van der Waals surface area (Å²) in [7, 11) is 0. The maximum Gasteiger partial charge on any atom is 0.339 e. The Morgan fingerprint density at radius 1 is 1.69 bits per heavy atom. The quantitative estimate of drug-likeness (QED) is 0.739. The van der Waals surface area contributed by atoms with Crippen molar-refractivity contribution < 1.29 is 14.3 Å². The molecule has 72 valence electrons. The monoisotopic (exact) mass is 183 g/mol. The zero-order valence-electron chi connectivity index (χ0n) is 7.54. The topological polar surface area (TPSA) is 76.5 Å². The summed E-state index contributed by atoms with van der Waals surface area (Å²) >= 11 is 0. The summed E-state index contributed by atoms with van der Waals surface area (Å²) in [5.74, 6) is -0.603. The summed E-state index contributed by atoms with van der Waals surface area (Å²) in [6, 6.07) is 0. The number of rotatable bonds is 4. The van der Waals surface area contributed by atoms with Crippen LogP contribution in [0.3, 0.4) is 0 Å². The number of hydrogen-bond acceptors (Lipinski definition) is 3. The van der Waals surface area contributed by atoms with E-state index in [0.717, 1.165) is 12.0 Å². The fourth-order valence-electron chi connectivity index (χ4n) is 1.30. The lowest BCUT2D eigenvalue weighted by molar-refractivity contribution is 0.0693. The van der Waals surface area contributed by atoms with E-state index in [1.165, 1.54) is 6.26 Å². The minimum absolute atomic E-state index is 0.130. The molecule has 0 unspecified atom stereocenters. The molecule has 3 N–H and O–H groups in total. The molecule has 1 aromatic rings. The second kappa shape index (κ2) is 4.09. The van der Waals surface area contributed by atoms with Gasteiger partial charge in [0.1, 0.15) is 11.3 Å². The van der Waals surface area contributed by atoms with Crippen LogP contribution in [0, 0.1) is 0 Å². The van der Waals surface area contributed by atoms with Crippen molar-refractivity contribution in [3.8, 4) is 0 Å². The molecule has 0 aromatic carbocycles. The lowest BCUT2D eigenvalue weighted by atomic mass is 10.1. The van der Waals surface area contributed by atoms with Gasteiger partial charge in [0.25, 0.3) is 0 Å². The van der Waals surface area contributed by atoms with Gasteiger partial charge in [0.05, 0.1) is 12.8 Å². The number of carboxylic acid groups (broad SMARTS) is 1. The van der Waals surface area contributed by atoms with E-state index < -0.39 is 5.97 Å². The van der Waals surface area contributed by atoms with Crippen LogP contribution in [-0.2, 0) is 13.0 Å². The summed E-state index contributed by atoms with van der Waals surface area (Å²) in [4.78, 5) is 10.8. The number of carbonyl (C=O) groups is 1. The third-order valence-corrected chi connectivity index (χ3v) is 1.86. The molecule has 0 spiro atoms. The average Bonchev–Trinajstić information content (AvgIpc) is 2.48. The molecule has 0 aliphatic rings. The molecule has 0 bridgehead atoms. The van der Waals surface area contributed by atoms with Crippen LogP contribution >= 0.6 is 0 Å². The highest BCUT2D eigenvalue weighted by atomic mass is 16.4. The molecule has 0 saturated heterocycles. The normalized spacial score (nSPS) is 10.3. The molecule has 0 radical (unpaired) electrons. The van der Waals surface area contributed by atoms with Crippen molar-refractivity contribution in [3.05, 3.63) is 23.2 Å². The summed E-state index contributed by atoms with van der Waals surface area (Å²) < 4.78 is 5.05. The van der Waals surface area contributed by atoms with Crippen molar-refractivity contribution in [1.29, 1.82) is 0 Å². The smallest absolute Gasteiger partial charge is 0.339 e. The molecule has 0 aliphatic heterocycles. The Balaban J connectivity index is 3.06. The van der Waals surface area contributed by atoms with E-state index >= 15 is 0 Å². The molecule has 4 nitrogen and oxygen atoms in total. The Labute approximate surface area is 76.3 Å². The van der Waals surface area contributed by atoms with Gasteiger partial charge in [0.2, 0.25) is 0 Å². The molecular formula is C9H13NO3. The Morgan fingerprint density at radius 3 is 2.85 bits per heavy atom. The van der Waals surface area contributed by atoms with Crippen LogP contribution in [0.4, 0.5) is 0 Å². The average molecular weight is 183 g/mol. The lowest BCUT2D eigenvalue weighted by Crippen LogP contribution is -2.06. The Hall–Kier alpha value is -1.29. The number of aromatic carboxylic acids is 1. The SMILES string of the molecule is CCCc1coc(CN)c1C(=O)O. The fraction of sp³-hybridized carbons (Fsp3) is 0.444. The van der Waals surface area contributed by atoms with Crippen LogP contribution < -0.4 is 5.73 Å². The Kier molecular flexibility index (Phi) is 3.08. The second-order valence-corrected chi connectivity index (χ2v) is 2.82. The predicted molar refractivity (Wildman–Crippen MR) is 47.6 cm³/mol. The summed E-state index contributed by atoms with van der Waals surface area (Å²) in [5.41, 5.74) is 6.31. The zero-order chi connectivity index (χ0) is 9.84. The first-order valence-corrected chi connectivity index (χ1v) is 4.23. The maximum atomic E-state index is 10.8. The van der Waals surface area contributed by atoms with E-state index in [1.54, 1.807) is 0 Å². The van der Waals surface area contributed by atoms with Crippen LogP contribution in [0.15, 0.2) is 10.7 Å². The Bertz CT molecular complexity index is 304. The molecule has 0 aliphatic carbocycles. The summed E-state index contributed by atoms with van der Waals surface area (Å²) in [6.45, 7) is 2.12. The van der Waals surface area contributed by atoms with Crippen molar-refractivity contribution in [2.75, 3.05) is 0 Å². The molecule has 4 heteroatoms. The first kappa shape index (κ1) is 9.80. The minimum atomic E-state index is -0.961. The van der Waals surface area contributed by atoms with Crippen LogP contribution in [0.1, 0.15) is 35.0 Å². The zero-order valence-corrected chi connectivity index (χ0v) is 7.54. The van der Waals surface area contributed by atoms with Crippen molar-refractivity contribution in [2.45, 2.75) is 26.3 Å². The third-order valence-electron chi connectivity index (χ3n) is 1.86. The third kappa shape index (κ3) is 1.89. The van der Waals surface area contributed by atoms with Crippen LogP contribution in [0.5, 0.6) is 0 Å². The van der Waals surface area contributed by atoms with Crippen LogP contribution in [0.25, 0.3) is 0 Å². The molecule has 0 atom stereocenters. The van der Waals surface area contributed by atoms with Gasteiger partial charge in [-0.25, -0.2) is 4.79 Å². The molecule has 1 rings (SSSR count). The predicted octanol–water partition coefficient (Wildman–Crippen LogP) is 1.39. The number of aryl methyl sites for hydroxylation is 1. The van der Waals surface area contributed by atoms with Gasteiger partial charge in [-0.05, 0) is 6.42 Å². The largest absolute Gasteiger partial charge is 0.478 e. The number of hydrogen-bond donors (Lipinski definition) is 2. The molecule has 1 heterocycles. The number of furan rings is 1. The molecule has 13 heavy (non-hydrogen) atoms. The molecule has 0 amide bonds. The first-order chi connectivity index (χ1) is 6.20. The van der Waals surface area contributed by atoms with Crippen molar-refractivity contribution in [2.24, 2.45) is 5.73 Å². The van der Waals surface area contributed by atoms with E-state index in [2.05, 4.69) is 0 Å². The van der Waals surface area contributed by atoms with E-state index in [-0.39, 0.29) is 12.1 Å². The maximum absolute atomic E-state index is 10.8. The van der Waals surface area contributed by atoms with Crippen LogP contribution in [0.2, 0.25) is 0 Å². The van der Waals surface area contributed by atoms with E-state index in [4.69, 9.17) is 15.3 Å². The highest BCUT2D eigenvalue weighted by Crippen LogP contribution is 2.18. The van der Waals surface area contributed by atoms with Gasteiger partial charge < -0.3 is 15.3 Å². The van der Waals surface area contributed by atoms with Gasteiger partial charge in [0.15, 0.2) is 0 Å². The van der Waals surface area contributed by atoms with Gasteiger partial charge in [-0.3, -0.25) is 0 Å². The van der Waals surface area contributed by atoms with Gasteiger partial charge in [-0.2, -0.15) is 0 Å². The van der Waals surface area contributed by atoms with E-state index in [9.17, 15) is 4.79 Å². The lowest BCUT2D eigenvalue weighted by Gasteiger charge is -1.97. The van der Waals surface area contributed by atoms with Gasteiger partial charge in [-0.15, -0.1) is 0 Å². The standard InChI is InChI=1S/C9H13NO3/c1-2-3-6-5-13-7(4-10)8(6)9(11)12/h5H,2-4,10H2,1H3,(H,11,12).